The Morgan fingerprint density at radius 2 is 2.06 bits per heavy atom. The molecule has 0 radical (unpaired) electrons. The van der Waals surface area contributed by atoms with Gasteiger partial charge in [-0.2, -0.15) is 0 Å². The lowest BCUT2D eigenvalue weighted by molar-refractivity contribution is 0.162. The Morgan fingerprint density at radius 3 is 2.65 bits per heavy atom. The van der Waals surface area contributed by atoms with Crippen LogP contribution in [-0.4, -0.2) is 19.2 Å². The van der Waals surface area contributed by atoms with Gasteiger partial charge in [0, 0.05) is 6.04 Å². The molecule has 0 bridgehead atoms. The van der Waals surface area contributed by atoms with Crippen LogP contribution in [0.15, 0.2) is 30.3 Å². The fourth-order valence-corrected chi connectivity index (χ4v) is 2.24. The molecule has 1 aliphatic rings. The standard InChI is InChI=1S/C15H23NO/c1-2-11-16-15(13-7-6-8-13)12-17-14-9-4-3-5-10-14/h3-5,9-10,13,15-16H,2,6-8,11-12H2,1H3. The van der Waals surface area contributed by atoms with Crippen molar-refractivity contribution in [3.05, 3.63) is 30.3 Å². The minimum atomic E-state index is 0.531. The molecule has 94 valence electrons. The molecule has 0 amide bonds. The molecule has 2 nitrogen and oxygen atoms in total. The topological polar surface area (TPSA) is 21.3 Å². The smallest absolute Gasteiger partial charge is 0.119 e. The van der Waals surface area contributed by atoms with E-state index in [-0.39, 0.29) is 0 Å². The first-order valence-corrected chi connectivity index (χ1v) is 6.81. The monoisotopic (exact) mass is 233 g/mol. The van der Waals surface area contributed by atoms with E-state index in [4.69, 9.17) is 4.74 Å². The molecule has 0 spiro atoms. The van der Waals surface area contributed by atoms with E-state index >= 15 is 0 Å². The van der Waals surface area contributed by atoms with Gasteiger partial charge >= 0.3 is 0 Å². The van der Waals surface area contributed by atoms with Crippen LogP contribution in [0.5, 0.6) is 5.75 Å². The Kier molecular flexibility index (Phi) is 4.87. The summed E-state index contributed by atoms with van der Waals surface area (Å²) in [5.74, 6) is 1.81. The Bertz CT molecular complexity index is 308. The van der Waals surface area contributed by atoms with E-state index in [1.165, 1.54) is 25.7 Å². The first-order valence-electron chi connectivity index (χ1n) is 6.81. The third kappa shape index (κ3) is 3.74. The molecule has 1 aromatic rings. The van der Waals surface area contributed by atoms with E-state index in [2.05, 4.69) is 12.2 Å². The second kappa shape index (κ2) is 6.65. The van der Waals surface area contributed by atoms with Crippen molar-refractivity contribution in [3.63, 3.8) is 0 Å². The fourth-order valence-electron chi connectivity index (χ4n) is 2.24. The van der Waals surface area contributed by atoms with E-state index in [1.807, 2.05) is 30.3 Å². The van der Waals surface area contributed by atoms with Crippen LogP contribution in [0, 0.1) is 5.92 Å². The van der Waals surface area contributed by atoms with Crippen LogP contribution in [0.2, 0.25) is 0 Å². The highest BCUT2D eigenvalue weighted by Crippen LogP contribution is 2.30. The lowest BCUT2D eigenvalue weighted by Crippen LogP contribution is -2.44. The van der Waals surface area contributed by atoms with Crippen LogP contribution in [0.25, 0.3) is 0 Å². The van der Waals surface area contributed by atoms with Gasteiger partial charge in [-0.3, -0.25) is 0 Å². The zero-order valence-electron chi connectivity index (χ0n) is 10.7. The summed E-state index contributed by atoms with van der Waals surface area (Å²) in [4.78, 5) is 0. The van der Waals surface area contributed by atoms with Crippen molar-refractivity contribution in [2.45, 2.75) is 38.6 Å². The first kappa shape index (κ1) is 12.4. The molecule has 1 saturated carbocycles. The summed E-state index contributed by atoms with van der Waals surface area (Å²) in [6, 6.07) is 10.6. The molecule has 1 N–H and O–H groups in total. The summed E-state index contributed by atoms with van der Waals surface area (Å²) in [5.41, 5.74) is 0. The molecule has 0 heterocycles. The molecule has 1 fully saturated rings. The number of ether oxygens (including phenoxy) is 1. The first-order chi connectivity index (χ1) is 8.40. The minimum absolute atomic E-state index is 0.531. The summed E-state index contributed by atoms with van der Waals surface area (Å²) in [6.07, 6.45) is 5.30. The van der Waals surface area contributed by atoms with Gasteiger partial charge in [-0.15, -0.1) is 0 Å². The van der Waals surface area contributed by atoms with Crippen molar-refractivity contribution in [3.8, 4) is 5.75 Å². The Morgan fingerprint density at radius 1 is 1.29 bits per heavy atom. The zero-order valence-corrected chi connectivity index (χ0v) is 10.7. The van der Waals surface area contributed by atoms with Crippen LogP contribution in [0.1, 0.15) is 32.6 Å². The van der Waals surface area contributed by atoms with E-state index in [0.717, 1.165) is 24.8 Å². The second-order valence-corrected chi connectivity index (χ2v) is 4.88. The van der Waals surface area contributed by atoms with E-state index in [0.29, 0.717) is 6.04 Å². The molecular weight excluding hydrogens is 210 g/mol. The number of hydrogen-bond acceptors (Lipinski definition) is 2. The lowest BCUT2D eigenvalue weighted by Gasteiger charge is -2.34. The third-order valence-electron chi connectivity index (χ3n) is 3.55. The van der Waals surface area contributed by atoms with Crippen molar-refractivity contribution in [2.75, 3.05) is 13.2 Å². The van der Waals surface area contributed by atoms with Crippen LogP contribution in [-0.2, 0) is 0 Å². The Hall–Kier alpha value is -1.02. The summed E-state index contributed by atoms with van der Waals surface area (Å²) < 4.78 is 5.86. The molecule has 2 rings (SSSR count). The highest BCUT2D eigenvalue weighted by atomic mass is 16.5. The number of para-hydroxylation sites is 1. The van der Waals surface area contributed by atoms with E-state index in [1.54, 1.807) is 0 Å². The third-order valence-corrected chi connectivity index (χ3v) is 3.55. The van der Waals surface area contributed by atoms with E-state index in [9.17, 15) is 0 Å². The molecule has 1 aromatic carbocycles. The van der Waals surface area contributed by atoms with Gasteiger partial charge in [0.15, 0.2) is 0 Å². The number of hydrogen-bond donors (Lipinski definition) is 1. The molecule has 1 unspecified atom stereocenters. The van der Waals surface area contributed by atoms with E-state index < -0.39 is 0 Å². The minimum Gasteiger partial charge on any atom is -0.492 e. The molecule has 0 aliphatic heterocycles. The summed E-state index contributed by atoms with van der Waals surface area (Å²) in [5, 5.41) is 3.62. The molecule has 17 heavy (non-hydrogen) atoms. The van der Waals surface area contributed by atoms with Crippen molar-refractivity contribution in [2.24, 2.45) is 5.92 Å². The number of benzene rings is 1. The molecule has 0 saturated heterocycles. The lowest BCUT2D eigenvalue weighted by atomic mass is 9.80. The summed E-state index contributed by atoms with van der Waals surface area (Å²) in [6.45, 7) is 4.11. The van der Waals surface area contributed by atoms with Gasteiger partial charge in [0.05, 0.1) is 0 Å². The van der Waals surface area contributed by atoms with Gasteiger partial charge in [-0.05, 0) is 43.9 Å². The molecule has 2 heteroatoms. The van der Waals surface area contributed by atoms with Crippen molar-refractivity contribution >= 4 is 0 Å². The average molecular weight is 233 g/mol. The number of rotatable bonds is 7. The molecular formula is C15H23NO. The molecule has 1 aliphatic carbocycles. The predicted molar refractivity (Wildman–Crippen MR) is 71.4 cm³/mol. The van der Waals surface area contributed by atoms with Crippen molar-refractivity contribution in [1.82, 2.24) is 5.32 Å². The normalized spacial score (nSPS) is 17.5. The molecule has 1 atom stereocenters. The van der Waals surface area contributed by atoms with Crippen LogP contribution < -0.4 is 10.1 Å². The zero-order chi connectivity index (χ0) is 11.9. The number of nitrogens with one attached hydrogen (secondary N) is 1. The Balaban J connectivity index is 1.80. The van der Waals surface area contributed by atoms with Gasteiger partial charge in [-0.25, -0.2) is 0 Å². The Labute approximate surface area is 104 Å². The van der Waals surface area contributed by atoms with Crippen molar-refractivity contribution < 1.29 is 4.74 Å². The summed E-state index contributed by atoms with van der Waals surface area (Å²) >= 11 is 0. The maximum absolute atomic E-state index is 5.86. The highest BCUT2D eigenvalue weighted by molar-refractivity contribution is 5.20. The maximum atomic E-state index is 5.86. The average Bonchev–Trinajstić information content (AvgIpc) is 2.31. The van der Waals surface area contributed by atoms with Gasteiger partial charge in [0.2, 0.25) is 0 Å². The second-order valence-electron chi connectivity index (χ2n) is 4.88. The fraction of sp³-hybridized carbons (Fsp3) is 0.600. The van der Waals surface area contributed by atoms with Crippen LogP contribution in [0.3, 0.4) is 0 Å². The maximum Gasteiger partial charge on any atom is 0.119 e. The highest BCUT2D eigenvalue weighted by Gasteiger charge is 2.27. The SMILES string of the molecule is CCCNC(COc1ccccc1)C1CCC1. The van der Waals surface area contributed by atoms with Gasteiger partial charge in [-0.1, -0.05) is 31.5 Å². The largest absolute Gasteiger partial charge is 0.492 e. The predicted octanol–water partition coefficient (Wildman–Crippen LogP) is 3.23. The van der Waals surface area contributed by atoms with Crippen LogP contribution in [0.4, 0.5) is 0 Å². The van der Waals surface area contributed by atoms with Crippen LogP contribution >= 0.6 is 0 Å². The van der Waals surface area contributed by atoms with Gasteiger partial charge < -0.3 is 10.1 Å². The summed E-state index contributed by atoms with van der Waals surface area (Å²) in [7, 11) is 0. The van der Waals surface area contributed by atoms with Crippen molar-refractivity contribution in [1.29, 1.82) is 0 Å². The van der Waals surface area contributed by atoms with Gasteiger partial charge in [0.1, 0.15) is 12.4 Å². The quantitative estimate of drug-likeness (QED) is 0.780. The van der Waals surface area contributed by atoms with Gasteiger partial charge in [0.25, 0.3) is 0 Å². The molecule has 0 aromatic heterocycles.